The number of aromatic nitrogens is 4. The third kappa shape index (κ3) is 5.20. The van der Waals surface area contributed by atoms with Crippen molar-refractivity contribution < 1.29 is 8.83 Å². The van der Waals surface area contributed by atoms with E-state index in [1.165, 1.54) is 0 Å². The van der Waals surface area contributed by atoms with Gasteiger partial charge in [-0.1, -0.05) is 133 Å². The summed E-state index contributed by atoms with van der Waals surface area (Å²) in [6, 6.07) is 62.2. The standard InChI is InChI=1S/C52H30N4O2/c1-3-12-31(13-4-1)48-41-26-25-39-42-29-34(23-27-45(42)58-49(39)47(41)40-19-7-9-20-43(40)53-48)33-16-11-17-35(28-33)51-54-50(32-14-5-2-6-15-32)55-52(56-51)36-22-24-38-37-18-8-10-21-44(37)57-46(38)30-36/h1-30H. The molecule has 0 aliphatic rings. The monoisotopic (exact) mass is 742 g/mol. The third-order valence-corrected chi connectivity index (χ3v) is 11.1. The van der Waals surface area contributed by atoms with Crippen molar-refractivity contribution in [1.82, 2.24) is 19.9 Å². The zero-order valence-electron chi connectivity index (χ0n) is 30.9. The predicted octanol–water partition coefficient (Wildman–Crippen LogP) is 13.7. The molecule has 0 bridgehead atoms. The van der Waals surface area contributed by atoms with E-state index in [0.717, 1.165) is 105 Å². The lowest BCUT2D eigenvalue weighted by Gasteiger charge is -2.10. The lowest BCUT2D eigenvalue weighted by atomic mass is 9.97. The molecule has 0 atom stereocenters. The van der Waals surface area contributed by atoms with E-state index in [2.05, 4.69) is 115 Å². The molecule has 0 radical (unpaired) electrons. The van der Waals surface area contributed by atoms with Crippen LogP contribution < -0.4 is 0 Å². The Bertz CT molecular complexity index is 3570. The van der Waals surface area contributed by atoms with Gasteiger partial charge in [-0.3, -0.25) is 0 Å². The molecule has 6 heteroatoms. The molecule has 4 heterocycles. The second kappa shape index (κ2) is 12.8. The van der Waals surface area contributed by atoms with E-state index >= 15 is 0 Å². The van der Waals surface area contributed by atoms with Gasteiger partial charge in [-0.2, -0.15) is 0 Å². The molecular formula is C52H30N4O2. The number of benzene rings is 8. The zero-order chi connectivity index (χ0) is 38.2. The smallest absolute Gasteiger partial charge is 0.164 e. The van der Waals surface area contributed by atoms with Gasteiger partial charge in [-0.15, -0.1) is 0 Å². The van der Waals surface area contributed by atoms with Crippen LogP contribution in [-0.4, -0.2) is 19.9 Å². The van der Waals surface area contributed by atoms with Gasteiger partial charge in [0.25, 0.3) is 0 Å². The summed E-state index contributed by atoms with van der Waals surface area (Å²) >= 11 is 0. The summed E-state index contributed by atoms with van der Waals surface area (Å²) in [7, 11) is 0. The molecule has 270 valence electrons. The molecule has 0 aliphatic carbocycles. The Labute approximate surface area is 331 Å². The Kier molecular flexibility index (Phi) is 7.13. The van der Waals surface area contributed by atoms with E-state index < -0.39 is 0 Å². The molecule has 6 nitrogen and oxygen atoms in total. The highest BCUT2D eigenvalue weighted by Gasteiger charge is 2.19. The maximum Gasteiger partial charge on any atom is 0.164 e. The van der Waals surface area contributed by atoms with Gasteiger partial charge in [0.05, 0.1) is 11.2 Å². The first-order chi connectivity index (χ1) is 28.7. The molecule has 0 saturated heterocycles. The van der Waals surface area contributed by atoms with Crippen molar-refractivity contribution in [3.63, 3.8) is 0 Å². The minimum atomic E-state index is 0.577. The highest BCUT2D eigenvalue weighted by atomic mass is 16.3. The molecule has 0 saturated carbocycles. The molecule has 0 fully saturated rings. The van der Waals surface area contributed by atoms with Gasteiger partial charge in [-0.25, -0.2) is 19.9 Å². The zero-order valence-corrected chi connectivity index (χ0v) is 30.9. The van der Waals surface area contributed by atoms with Crippen molar-refractivity contribution in [3.8, 4) is 56.5 Å². The van der Waals surface area contributed by atoms with Gasteiger partial charge in [0, 0.05) is 60.0 Å². The second-order valence-corrected chi connectivity index (χ2v) is 14.6. The summed E-state index contributed by atoms with van der Waals surface area (Å²) in [5.74, 6) is 1.77. The number of hydrogen-bond acceptors (Lipinski definition) is 6. The van der Waals surface area contributed by atoms with Crippen molar-refractivity contribution in [2.75, 3.05) is 0 Å². The van der Waals surface area contributed by atoms with Crippen molar-refractivity contribution in [2.24, 2.45) is 0 Å². The first-order valence-corrected chi connectivity index (χ1v) is 19.3. The van der Waals surface area contributed by atoms with E-state index in [1.54, 1.807) is 0 Å². The summed E-state index contributed by atoms with van der Waals surface area (Å²) in [6.07, 6.45) is 0. The fourth-order valence-electron chi connectivity index (χ4n) is 8.32. The van der Waals surface area contributed by atoms with E-state index in [4.69, 9.17) is 28.8 Å². The fraction of sp³-hybridized carbons (Fsp3) is 0. The van der Waals surface area contributed by atoms with Crippen LogP contribution in [0.3, 0.4) is 0 Å². The van der Waals surface area contributed by atoms with Crippen LogP contribution in [0, 0.1) is 0 Å². The fourth-order valence-corrected chi connectivity index (χ4v) is 8.32. The first kappa shape index (κ1) is 32.3. The lowest BCUT2D eigenvalue weighted by Crippen LogP contribution is -2.00. The minimum absolute atomic E-state index is 0.577. The Morgan fingerprint density at radius 1 is 0.293 bits per heavy atom. The number of pyridine rings is 1. The number of rotatable bonds is 5. The maximum absolute atomic E-state index is 6.74. The van der Waals surface area contributed by atoms with E-state index in [9.17, 15) is 0 Å². The number of hydrogen-bond donors (Lipinski definition) is 0. The summed E-state index contributed by atoms with van der Waals surface area (Å²) in [4.78, 5) is 20.2. The normalized spacial score (nSPS) is 11.8. The molecule has 58 heavy (non-hydrogen) atoms. The third-order valence-electron chi connectivity index (χ3n) is 11.1. The van der Waals surface area contributed by atoms with Gasteiger partial charge in [0.15, 0.2) is 17.5 Å². The molecule has 0 spiro atoms. The summed E-state index contributed by atoms with van der Waals surface area (Å²) in [5.41, 5.74) is 11.1. The Balaban J connectivity index is 0.992. The van der Waals surface area contributed by atoms with Crippen LogP contribution in [0.5, 0.6) is 0 Å². The summed E-state index contributed by atoms with van der Waals surface area (Å²) in [5, 5.41) is 7.46. The van der Waals surface area contributed by atoms with Gasteiger partial charge >= 0.3 is 0 Å². The topological polar surface area (TPSA) is 77.8 Å². The predicted molar refractivity (Wildman–Crippen MR) is 234 cm³/mol. The molecule has 12 rings (SSSR count). The first-order valence-electron chi connectivity index (χ1n) is 19.3. The molecule has 8 aromatic carbocycles. The van der Waals surface area contributed by atoms with Gasteiger partial charge in [-0.05, 0) is 59.7 Å². The van der Waals surface area contributed by atoms with Crippen molar-refractivity contribution in [3.05, 3.63) is 182 Å². The number of fused-ring (bicyclic) bond motifs is 10. The molecule has 0 unspecified atom stereocenters. The lowest BCUT2D eigenvalue weighted by molar-refractivity contribution is 0.669. The van der Waals surface area contributed by atoms with Crippen LogP contribution in [0.2, 0.25) is 0 Å². The molecule has 0 amide bonds. The molecule has 0 N–H and O–H groups in total. The van der Waals surface area contributed by atoms with Crippen molar-refractivity contribution >= 4 is 65.6 Å². The van der Waals surface area contributed by atoms with Crippen LogP contribution in [0.1, 0.15) is 0 Å². The van der Waals surface area contributed by atoms with Crippen LogP contribution in [0.4, 0.5) is 0 Å². The van der Waals surface area contributed by atoms with Gasteiger partial charge < -0.3 is 8.83 Å². The Morgan fingerprint density at radius 2 is 0.862 bits per heavy atom. The maximum atomic E-state index is 6.74. The highest BCUT2D eigenvalue weighted by molar-refractivity contribution is 6.25. The SMILES string of the molecule is c1ccc(-c2nc(-c3cccc(-c4ccc5oc6c(ccc7c(-c8ccccc8)nc8ccccc8c76)c5c4)c3)nc(-c3ccc4c(c3)oc3ccccc34)n2)cc1. The van der Waals surface area contributed by atoms with Crippen LogP contribution in [0.25, 0.3) is 122 Å². The average molecular weight is 743 g/mol. The molecule has 12 aromatic rings. The van der Waals surface area contributed by atoms with E-state index in [-0.39, 0.29) is 0 Å². The number of para-hydroxylation sites is 2. The number of furan rings is 2. The summed E-state index contributed by atoms with van der Waals surface area (Å²) < 4.78 is 13.0. The Morgan fingerprint density at radius 3 is 1.69 bits per heavy atom. The minimum Gasteiger partial charge on any atom is -0.456 e. The Hall–Kier alpha value is -7.96. The largest absolute Gasteiger partial charge is 0.456 e. The van der Waals surface area contributed by atoms with Crippen molar-refractivity contribution in [1.29, 1.82) is 0 Å². The quantitative estimate of drug-likeness (QED) is 0.163. The second-order valence-electron chi connectivity index (χ2n) is 14.6. The van der Waals surface area contributed by atoms with Crippen LogP contribution >= 0.6 is 0 Å². The molecule has 0 aliphatic heterocycles. The van der Waals surface area contributed by atoms with Crippen LogP contribution in [0.15, 0.2) is 191 Å². The number of nitrogens with zero attached hydrogens (tertiary/aromatic N) is 4. The van der Waals surface area contributed by atoms with Gasteiger partial charge in [0.1, 0.15) is 22.3 Å². The highest BCUT2D eigenvalue weighted by Crippen LogP contribution is 2.42. The van der Waals surface area contributed by atoms with Gasteiger partial charge in [0.2, 0.25) is 0 Å². The van der Waals surface area contributed by atoms with E-state index in [0.29, 0.717) is 17.5 Å². The molecule has 4 aromatic heterocycles. The van der Waals surface area contributed by atoms with Crippen LogP contribution in [-0.2, 0) is 0 Å². The van der Waals surface area contributed by atoms with Crippen molar-refractivity contribution in [2.45, 2.75) is 0 Å². The molecular weight excluding hydrogens is 713 g/mol. The van der Waals surface area contributed by atoms with E-state index in [1.807, 2.05) is 66.7 Å². The summed E-state index contributed by atoms with van der Waals surface area (Å²) in [6.45, 7) is 0. The average Bonchev–Trinajstić information content (AvgIpc) is 3.87.